The summed E-state index contributed by atoms with van der Waals surface area (Å²) in [5, 5.41) is 10.3. The number of benzene rings is 3. The number of imide groups is 1. The summed E-state index contributed by atoms with van der Waals surface area (Å²) in [4.78, 5) is 38.3. The molecule has 0 saturated carbocycles. The maximum Gasteiger partial charge on any atom is 0.324 e. The van der Waals surface area contributed by atoms with Crippen molar-refractivity contribution in [1.82, 2.24) is 25.3 Å². The van der Waals surface area contributed by atoms with Crippen LogP contribution in [0, 0.1) is 0 Å². The average Bonchev–Trinajstić information content (AvgIpc) is 3.46. The van der Waals surface area contributed by atoms with Crippen LogP contribution in [0.5, 0.6) is 0 Å². The van der Waals surface area contributed by atoms with Crippen LogP contribution in [0.15, 0.2) is 91.1 Å². The number of rotatable bonds is 8. The van der Waals surface area contributed by atoms with Crippen molar-refractivity contribution in [2.24, 2.45) is 0 Å². The molecular weight excluding hydrogens is 454 g/mol. The maximum atomic E-state index is 13.2. The molecule has 2 heterocycles. The summed E-state index contributed by atoms with van der Waals surface area (Å²) in [6.45, 7) is 0.902. The van der Waals surface area contributed by atoms with Gasteiger partial charge in [-0.15, -0.1) is 0 Å². The van der Waals surface area contributed by atoms with Crippen LogP contribution < -0.4 is 10.6 Å². The van der Waals surface area contributed by atoms with Crippen LogP contribution in [0.2, 0.25) is 0 Å². The molecule has 4 aromatic rings. The van der Waals surface area contributed by atoms with Crippen LogP contribution >= 0.6 is 0 Å². The van der Waals surface area contributed by atoms with E-state index in [4.69, 9.17) is 5.10 Å². The fourth-order valence-electron chi connectivity index (χ4n) is 4.22. The predicted octanol–water partition coefficient (Wildman–Crippen LogP) is 3.58. The van der Waals surface area contributed by atoms with Gasteiger partial charge in [0.1, 0.15) is 0 Å². The first-order valence-corrected chi connectivity index (χ1v) is 11.7. The topological polar surface area (TPSA) is 96.3 Å². The summed E-state index contributed by atoms with van der Waals surface area (Å²) in [5.74, 6) is -0.596. The van der Waals surface area contributed by atoms with Gasteiger partial charge in [0.25, 0.3) is 5.91 Å². The Morgan fingerprint density at radius 1 is 0.861 bits per heavy atom. The number of hydrogen-bond acceptors (Lipinski definition) is 4. The molecule has 1 aliphatic rings. The second-order valence-electron chi connectivity index (χ2n) is 8.53. The smallest absolute Gasteiger partial charge is 0.324 e. The van der Waals surface area contributed by atoms with Gasteiger partial charge in [-0.1, -0.05) is 78.9 Å². The second kappa shape index (κ2) is 10.3. The molecule has 0 unspecified atom stereocenters. The highest BCUT2D eigenvalue weighted by atomic mass is 16.2. The molecule has 2 N–H and O–H groups in total. The molecule has 0 radical (unpaired) electrons. The van der Waals surface area contributed by atoms with Gasteiger partial charge in [-0.2, -0.15) is 5.10 Å². The van der Waals surface area contributed by atoms with Gasteiger partial charge >= 0.3 is 6.03 Å². The number of carbonyl (C=O) groups excluding carboxylic acids is 3. The minimum absolute atomic E-state index is 0.0254. The van der Waals surface area contributed by atoms with Crippen molar-refractivity contribution in [3.8, 4) is 11.3 Å². The van der Waals surface area contributed by atoms with Crippen molar-refractivity contribution in [3.63, 3.8) is 0 Å². The Bertz CT molecular complexity index is 1380. The van der Waals surface area contributed by atoms with Crippen LogP contribution in [0.4, 0.5) is 4.79 Å². The number of hydrogen-bond donors (Lipinski definition) is 2. The Morgan fingerprint density at radius 3 is 2.28 bits per heavy atom. The molecule has 1 aliphatic heterocycles. The fourth-order valence-corrected chi connectivity index (χ4v) is 4.22. The quantitative estimate of drug-likeness (QED) is 0.378. The predicted molar refractivity (Wildman–Crippen MR) is 135 cm³/mol. The zero-order valence-corrected chi connectivity index (χ0v) is 19.6. The minimum Gasteiger partial charge on any atom is -0.348 e. The van der Waals surface area contributed by atoms with Crippen molar-refractivity contribution in [3.05, 3.63) is 113 Å². The molecule has 0 atom stereocenters. The van der Waals surface area contributed by atoms with Crippen LogP contribution in [-0.2, 0) is 24.4 Å². The molecule has 0 bridgehead atoms. The van der Waals surface area contributed by atoms with Crippen molar-refractivity contribution in [2.75, 3.05) is 6.54 Å². The Balaban J connectivity index is 1.36. The third-order valence-electron chi connectivity index (χ3n) is 6.04. The highest BCUT2D eigenvalue weighted by Gasteiger charge is 2.29. The zero-order valence-electron chi connectivity index (χ0n) is 19.6. The van der Waals surface area contributed by atoms with E-state index >= 15 is 0 Å². The molecule has 0 spiro atoms. The van der Waals surface area contributed by atoms with Crippen LogP contribution in [0.3, 0.4) is 0 Å². The zero-order chi connectivity index (χ0) is 24.9. The van der Waals surface area contributed by atoms with Gasteiger partial charge in [0, 0.05) is 29.4 Å². The molecule has 180 valence electrons. The molecule has 5 rings (SSSR count). The summed E-state index contributed by atoms with van der Waals surface area (Å²) in [7, 11) is 0. The van der Waals surface area contributed by atoms with E-state index in [1.807, 2.05) is 71.5 Å². The fraction of sp³-hybridized carbons (Fsp3) is 0.143. The first-order valence-electron chi connectivity index (χ1n) is 11.7. The van der Waals surface area contributed by atoms with Gasteiger partial charge in [-0.05, 0) is 17.2 Å². The van der Waals surface area contributed by atoms with E-state index in [-0.39, 0.29) is 31.4 Å². The molecule has 8 nitrogen and oxygen atoms in total. The van der Waals surface area contributed by atoms with E-state index < -0.39 is 6.03 Å². The van der Waals surface area contributed by atoms with E-state index in [1.54, 1.807) is 24.3 Å². The van der Waals surface area contributed by atoms with Crippen LogP contribution in [0.1, 0.15) is 27.0 Å². The van der Waals surface area contributed by atoms with Gasteiger partial charge in [-0.3, -0.25) is 19.2 Å². The van der Waals surface area contributed by atoms with E-state index in [1.165, 1.54) is 0 Å². The number of nitrogens with one attached hydrogen (secondary N) is 2. The minimum atomic E-state index is -0.450. The van der Waals surface area contributed by atoms with E-state index in [9.17, 15) is 14.4 Å². The number of amides is 4. The molecule has 1 saturated heterocycles. The lowest BCUT2D eigenvalue weighted by Gasteiger charge is -2.15. The average molecular weight is 480 g/mol. The first kappa shape index (κ1) is 23.0. The van der Waals surface area contributed by atoms with Crippen molar-refractivity contribution < 1.29 is 14.4 Å². The lowest BCUT2D eigenvalue weighted by atomic mass is 10.1. The van der Waals surface area contributed by atoms with Crippen molar-refractivity contribution in [2.45, 2.75) is 19.6 Å². The van der Waals surface area contributed by atoms with Crippen molar-refractivity contribution >= 4 is 17.8 Å². The summed E-state index contributed by atoms with van der Waals surface area (Å²) >= 11 is 0. The van der Waals surface area contributed by atoms with Gasteiger partial charge in [-0.25, -0.2) is 4.79 Å². The standard InChI is InChI=1S/C28H25N5O3/c34-25-16-30-28(36)33(25)19-22-13-7-8-14-24(22)27(35)29-15-23-18-32(17-20-9-3-1-4-10-20)31-26(23)21-11-5-2-6-12-21/h1-14,18H,15-17,19H2,(H,29,35)(H,30,36). The van der Waals surface area contributed by atoms with Gasteiger partial charge in [0.05, 0.1) is 25.3 Å². The van der Waals surface area contributed by atoms with Gasteiger partial charge in [0.15, 0.2) is 0 Å². The van der Waals surface area contributed by atoms with E-state index in [0.29, 0.717) is 17.7 Å². The number of nitrogens with zero attached hydrogens (tertiary/aromatic N) is 3. The maximum absolute atomic E-state index is 13.2. The summed E-state index contributed by atoms with van der Waals surface area (Å²) < 4.78 is 1.88. The highest BCUT2D eigenvalue weighted by Crippen LogP contribution is 2.23. The Labute approximate surface area is 208 Å². The molecule has 0 aliphatic carbocycles. The number of aromatic nitrogens is 2. The van der Waals surface area contributed by atoms with E-state index in [0.717, 1.165) is 27.3 Å². The Morgan fingerprint density at radius 2 is 1.56 bits per heavy atom. The first-order chi connectivity index (χ1) is 17.6. The molecule has 4 amide bonds. The van der Waals surface area contributed by atoms with Crippen LogP contribution in [0.25, 0.3) is 11.3 Å². The third kappa shape index (κ3) is 5.02. The summed E-state index contributed by atoms with van der Waals surface area (Å²) in [6, 6.07) is 26.5. The Kier molecular flexibility index (Phi) is 6.57. The molecular formula is C28H25N5O3. The third-order valence-corrected chi connectivity index (χ3v) is 6.04. The summed E-state index contributed by atoms with van der Waals surface area (Å²) in [6.07, 6.45) is 1.95. The van der Waals surface area contributed by atoms with Crippen molar-refractivity contribution in [1.29, 1.82) is 0 Å². The lowest BCUT2D eigenvalue weighted by Crippen LogP contribution is -2.32. The van der Waals surface area contributed by atoms with Gasteiger partial charge in [0.2, 0.25) is 5.91 Å². The van der Waals surface area contributed by atoms with Gasteiger partial charge < -0.3 is 10.6 Å². The molecule has 3 aromatic carbocycles. The normalized spacial score (nSPS) is 13.1. The second-order valence-corrected chi connectivity index (χ2v) is 8.53. The molecule has 8 heteroatoms. The van der Waals surface area contributed by atoms with E-state index in [2.05, 4.69) is 10.6 Å². The summed E-state index contributed by atoms with van der Waals surface area (Å²) in [5.41, 5.74) is 4.81. The largest absolute Gasteiger partial charge is 0.348 e. The SMILES string of the molecule is O=C(NCc1cn(Cc2ccccc2)nc1-c1ccccc1)c1ccccc1CN1C(=O)CNC1=O. The highest BCUT2D eigenvalue weighted by molar-refractivity contribution is 6.02. The molecule has 1 aromatic heterocycles. The number of urea groups is 1. The monoisotopic (exact) mass is 479 g/mol. The van der Waals surface area contributed by atoms with Crippen LogP contribution in [-0.4, -0.2) is 39.1 Å². The Hall–Kier alpha value is -4.72. The molecule has 36 heavy (non-hydrogen) atoms. The molecule has 1 fully saturated rings. The number of carbonyl (C=O) groups is 3. The lowest BCUT2D eigenvalue weighted by molar-refractivity contribution is -0.125.